The van der Waals surface area contributed by atoms with Crippen LogP contribution in [0.15, 0.2) is 53.4 Å². The number of aromatic carboxylic acids is 1. The quantitative estimate of drug-likeness (QED) is 0.742. The second-order valence-electron chi connectivity index (χ2n) is 4.51. The van der Waals surface area contributed by atoms with E-state index < -0.39 is 18.5 Å². The van der Waals surface area contributed by atoms with E-state index in [1.165, 1.54) is 24.3 Å². The third-order valence-electron chi connectivity index (χ3n) is 2.85. The van der Waals surface area contributed by atoms with Gasteiger partial charge in [0.25, 0.3) is 0 Å². The zero-order valence-electron chi connectivity index (χ0n) is 12.2. The lowest BCUT2D eigenvalue weighted by atomic mass is 10.2. The largest absolute Gasteiger partial charge is 0.478 e. The first-order valence-corrected chi connectivity index (χ1v) is 7.74. The van der Waals surface area contributed by atoms with E-state index in [0.29, 0.717) is 4.90 Å². The Morgan fingerprint density at radius 3 is 2.50 bits per heavy atom. The van der Waals surface area contributed by atoms with Gasteiger partial charge in [-0.3, -0.25) is 4.79 Å². The molecular formula is C16H13F2NO4S. The van der Waals surface area contributed by atoms with E-state index in [1.807, 2.05) is 0 Å². The fraction of sp³-hybridized carbons (Fsp3) is 0.125. The normalized spacial score (nSPS) is 10.5. The number of hydrogen-bond donors (Lipinski definition) is 2. The van der Waals surface area contributed by atoms with E-state index in [1.54, 1.807) is 24.3 Å². The van der Waals surface area contributed by atoms with Crippen molar-refractivity contribution in [2.75, 3.05) is 11.1 Å². The van der Waals surface area contributed by atoms with E-state index >= 15 is 0 Å². The van der Waals surface area contributed by atoms with Crippen LogP contribution in [0.1, 0.15) is 10.4 Å². The molecule has 5 nitrogen and oxygen atoms in total. The molecule has 2 aromatic rings. The van der Waals surface area contributed by atoms with E-state index in [2.05, 4.69) is 10.1 Å². The summed E-state index contributed by atoms with van der Waals surface area (Å²) in [5.41, 5.74) is 0.214. The van der Waals surface area contributed by atoms with Crippen LogP contribution in [0.3, 0.4) is 0 Å². The third kappa shape index (κ3) is 4.95. The van der Waals surface area contributed by atoms with Crippen molar-refractivity contribution >= 4 is 29.3 Å². The van der Waals surface area contributed by atoms with Gasteiger partial charge in [-0.1, -0.05) is 24.3 Å². The summed E-state index contributed by atoms with van der Waals surface area (Å²) in [4.78, 5) is 23.5. The molecule has 0 heterocycles. The lowest BCUT2D eigenvalue weighted by Gasteiger charge is -2.11. The number of rotatable bonds is 7. The van der Waals surface area contributed by atoms with E-state index in [9.17, 15) is 18.4 Å². The average Bonchev–Trinajstić information content (AvgIpc) is 2.54. The number of alkyl halides is 2. The molecule has 0 bridgehead atoms. The lowest BCUT2D eigenvalue weighted by molar-refractivity contribution is -0.113. The average molecular weight is 353 g/mol. The van der Waals surface area contributed by atoms with Gasteiger partial charge < -0.3 is 15.2 Å². The van der Waals surface area contributed by atoms with Crippen molar-refractivity contribution in [1.82, 2.24) is 0 Å². The third-order valence-corrected chi connectivity index (χ3v) is 3.93. The molecule has 24 heavy (non-hydrogen) atoms. The van der Waals surface area contributed by atoms with Crippen LogP contribution in [0.2, 0.25) is 0 Å². The monoisotopic (exact) mass is 353 g/mol. The van der Waals surface area contributed by atoms with Crippen molar-refractivity contribution in [1.29, 1.82) is 0 Å². The molecule has 1 amide bonds. The van der Waals surface area contributed by atoms with Crippen molar-refractivity contribution in [2.45, 2.75) is 11.5 Å². The predicted molar refractivity (Wildman–Crippen MR) is 85.8 cm³/mol. The van der Waals surface area contributed by atoms with Gasteiger partial charge in [-0.2, -0.15) is 8.78 Å². The molecule has 0 aliphatic heterocycles. The minimum Gasteiger partial charge on any atom is -0.478 e. The second kappa shape index (κ2) is 8.30. The number of benzene rings is 2. The molecule has 126 valence electrons. The van der Waals surface area contributed by atoms with Crippen molar-refractivity contribution in [3.63, 3.8) is 0 Å². The molecule has 0 radical (unpaired) electrons. The number of carboxylic acids is 1. The molecule has 0 spiro atoms. The first-order chi connectivity index (χ1) is 11.5. The van der Waals surface area contributed by atoms with Crippen molar-refractivity contribution in [3.8, 4) is 5.75 Å². The number of halogens is 2. The number of ether oxygens (including phenoxy) is 1. The Labute approximate surface area is 140 Å². The highest BCUT2D eigenvalue weighted by Gasteiger charge is 2.14. The summed E-state index contributed by atoms with van der Waals surface area (Å²) >= 11 is 1.04. The fourth-order valence-electron chi connectivity index (χ4n) is 1.87. The molecule has 0 aliphatic rings. The molecule has 2 N–H and O–H groups in total. The van der Waals surface area contributed by atoms with Crippen LogP contribution in [0, 0.1) is 0 Å². The predicted octanol–water partition coefficient (Wildman–Crippen LogP) is 3.72. The number of para-hydroxylation sites is 2. The molecule has 8 heteroatoms. The van der Waals surface area contributed by atoms with Crippen LogP contribution in [-0.2, 0) is 4.79 Å². The van der Waals surface area contributed by atoms with Gasteiger partial charge in [-0.05, 0) is 24.3 Å². The number of carbonyl (C=O) groups is 2. The maximum Gasteiger partial charge on any atom is 0.387 e. The highest BCUT2D eigenvalue weighted by molar-refractivity contribution is 8.00. The van der Waals surface area contributed by atoms with Crippen LogP contribution in [-0.4, -0.2) is 29.3 Å². The zero-order chi connectivity index (χ0) is 17.5. The number of thioether (sulfide) groups is 1. The van der Waals surface area contributed by atoms with Gasteiger partial charge in [0.2, 0.25) is 5.91 Å². The molecule has 0 aliphatic carbocycles. The summed E-state index contributed by atoms with van der Waals surface area (Å²) in [5, 5.41) is 11.6. The highest BCUT2D eigenvalue weighted by atomic mass is 32.2. The first-order valence-electron chi connectivity index (χ1n) is 6.76. The number of carbonyl (C=O) groups excluding carboxylic acids is 1. The van der Waals surface area contributed by atoms with Crippen LogP contribution in [0.25, 0.3) is 0 Å². The van der Waals surface area contributed by atoms with Gasteiger partial charge in [-0.15, -0.1) is 11.8 Å². The Morgan fingerprint density at radius 1 is 1.12 bits per heavy atom. The summed E-state index contributed by atoms with van der Waals surface area (Å²) in [5.74, 6) is -1.77. The topological polar surface area (TPSA) is 75.6 Å². The summed E-state index contributed by atoms with van der Waals surface area (Å²) in [6, 6.07) is 12.1. The second-order valence-corrected chi connectivity index (χ2v) is 5.53. The highest BCUT2D eigenvalue weighted by Crippen LogP contribution is 2.27. The van der Waals surface area contributed by atoms with Crippen molar-refractivity contribution < 1.29 is 28.2 Å². The van der Waals surface area contributed by atoms with E-state index in [4.69, 9.17) is 5.11 Å². The maximum atomic E-state index is 12.3. The molecule has 0 unspecified atom stereocenters. The molecule has 2 rings (SSSR count). The Hall–Kier alpha value is -2.61. The van der Waals surface area contributed by atoms with Crippen LogP contribution >= 0.6 is 11.8 Å². The number of hydrogen-bond acceptors (Lipinski definition) is 4. The smallest absolute Gasteiger partial charge is 0.387 e. The summed E-state index contributed by atoms with van der Waals surface area (Å²) in [6.45, 7) is -3.00. The zero-order valence-corrected chi connectivity index (χ0v) is 13.1. The molecule has 0 aromatic heterocycles. The Bertz CT molecular complexity index is 740. The van der Waals surface area contributed by atoms with Crippen LogP contribution in [0.4, 0.5) is 14.5 Å². The molecule has 0 saturated heterocycles. The Morgan fingerprint density at radius 2 is 1.79 bits per heavy atom. The summed E-state index contributed by atoms with van der Waals surface area (Å²) in [6.07, 6.45) is 0. The van der Waals surface area contributed by atoms with Gasteiger partial charge in [-0.25, -0.2) is 4.79 Å². The number of anilines is 1. The summed E-state index contributed by atoms with van der Waals surface area (Å²) in [7, 11) is 0. The SMILES string of the molecule is O=C(CSc1ccccc1C(=O)O)Nc1ccccc1OC(F)F. The van der Waals surface area contributed by atoms with Gasteiger partial charge >= 0.3 is 12.6 Å². The fourth-order valence-corrected chi connectivity index (χ4v) is 2.71. The van der Waals surface area contributed by atoms with Crippen molar-refractivity contribution in [2.24, 2.45) is 0 Å². The number of carboxylic acid groups (broad SMARTS) is 1. The van der Waals surface area contributed by atoms with E-state index in [0.717, 1.165) is 11.8 Å². The van der Waals surface area contributed by atoms with Gasteiger partial charge in [0.15, 0.2) is 0 Å². The van der Waals surface area contributed by atoms with Crippen molar-refractivity contribution in [3.05, 3.63) is 54.1 Å². The summed E-state index contributed by atoms with van der Waals surface area (Å²) < 4.78 is 29.0. The molecule has 2 aromatic carbocycles. The molecule has 0 saturated carbocycles. The Kier molecular flexibility index (Phi) is 6.14. The van der Waals surface area contributed by atoms with Crippen LogP contribution in [0.5, 0.6) is 5.75 Å². The molecule has 0 fully saturated rings. The van der Waals surface area contributed by atoms with Gasteiger partial charge in [0, 0.05) is 4.90 Å². The number of amides is 1. The Balaban J connectivity index is 2.01. The van der Waals surface area contributed by atoms with E-state index in [-0.39, 0.29) is 22.8 Å². The minimum absolute atomic E-state index is 0.0761. The van der Waals surface area contributed by atoms with Gasteiger partial charge in [0.05, 0.1) is 17.0 Å². The maximum absolute atomic E-state index is 12.3. The lowest BCUT2D eigenvalue weighted by Crippen LogP contribution is -2.16. The molecule has 0 atom stereocenters. The van der Waals surface area contributed by atoms with Gasteiger partial charge in [0.1, 0.15) is 5.75 Å². The van der Waals surface area contributed by atoms with Crippen LogP contribution < -0.4 is 10.1 Å². The standard InChI is InChI=1S/C16H13F2NO4S/c17-16(18)23-12-7-3-2-6-11(12)19-14(20)9-24-13-8-4-1-5-10(13)15(21)22/h1-8,16H,9H2,(H,19,20)(H,21,22). The first kappa shape index (κ1) is 17.7. The number of nitrogens with one attached hydrogen (secondary N) is 1. The minimum atomic E-state index is -3.00. The molecular weight excluding hydrogens is 340 g/mol.